The first-order valence-electron chi connectivity index (χ1n) is 12.3. The molecule has 1 aliphatic rings. The molecular weight excluding hydrogens is 542 g/mol. The predicted molar refractivity (Wildman–Crippen MR) is 142 cm³/mol. The van der Waals surface area contributed by atoms with Crippen LogP contribution in [0.25, 0.3) is 0 Å². The summed E-state index contributed by atoms with van der Waals surface area (Å²) in [5.41, 5.74) is 7.04. The summed E-state index contributed by atoms with van der Waals surface area (Å²) in [5, 5.41) is 0. The molecule has 0 radical (unpaired) electrons. The minimum absolute atomic E-state index is 0.00170. The van der Waals surface area contributed by atoms with Crippen LogP contribution in [0.15, 0.2) is 71.7 Å². The van der Waals surface area contributed by atoms with E-state index in [0.29, 0.717) is 17.5 Å². The number of hydrogen-bond donors (Lipinski definition) is 1. The second-order valence-corrected chi connectivity index (χ2v) is 10.8. The van der Waals surface area contributed by atoms with Crippen LogP contribution >= 0.6 is 0 Å². The molecule has 1 saturated heterocycles. The van der Waals surface area contributed by atoms with Crippen molar-refractivity contribution < 1.29 is 36.4 Å². The highest BCUT2D eigenvalue weighted by Gasteiger charge is 2.51. The Morgan fingerprint density at radius 2 is 1.60 bits per heavy atom. The Balaban J connectivity index is 1.71. The summed E-state index contributed by atoms with van der Waals surface area (Å²) in [7, 11) is -4.26. The van der Waals surface area contributed by atoms with Crippen LogP contribution in [0.4, 0.5) is 5.82 Å². The molecule has 1 aromatic heterocycles. The molecule has 0 bridgehead atoms. The van der Waals surface area contributed by atoms with E-state index in [1.807, 2.05) is 30.3 Å². The number of hydrogen-bond acceptors (Lipinski definition) is 11. The van der Waals surface area contributed by atoms with Crippen molar-refractivity contribution in [1.29, 1.82) is 0 Å². The zero-order valence-electron chi connectivity index (χ0n) is 21.8. The highest BCUT2D eigenvalue weighted by atomic mass is 32.2. The Morgan fingerprint density at radius 1 is 0.975 bits per heavy atom. The summed E-state index contributed by atoms with van der Waals surface area (Å²) >= 11 is 0. The quantitative estimate of drug-likeness (QED) is 0.278. The maximum atomic E-state index is 13.1. The molecule has 0 spiro atoms. The first kappa shape index (κ1) is 28.9. The third-order valence-electron chi connectivity index (χ3n) is 6.05. The van der Waals surface area contributed by atoms with Crippen LogP contribution in [0.1, 0.15) is 36.8 Å². The standard InChI is InChI=1S/C27H29N3O9S/c1-17(31)36-15-22-23(39-40(34,35)16-20-11-7-4-8-12-20)24(37-18(2)32)26(38-22)30-14-21(25(28)29-27(30)33)13-19-9-5-3-6-10-19/h3-12,14,22-24,26H,13,15-16H2,1-2H3,(H2,28,29,33)/t22-,23+,24-,26-/m1/s1. The van der Waals surface area contributed by atoms with Crippen molar-refractivity contribution in [2.45, 2.75) is 50.6 Å². The molecule has 0 aliphatic carbocycles. The van der Waals surface area contributed by atoms with Gasteiger partial charge in [0.1, 0.15) is 30.4 Å². The predicted octanol–water partition coefficient (Wildman–Crippen LogP) is 1.72. The van der Waals surface area contributed by atoms with Crippen LogP contribution in [0.3, 0.4) is 0 Å². The number of nitrogens with zero attached hydrogens (tertiary/aromatic N) is 2. The molecule has 13 heteroatoms. The molecule has 0 unspecified atom stereocenters. The summed E-state index contributed by atoms with van der Waals surface area (Å²) < 4.78 is 49.2. The fourth-order valence-corrected chi connectivity index (χ4v) is 5.58. The van der Waals surface area contributed by atoms with E-state index in [1.54, 1.807) is 30.3 Å². The molecule has 2 N–H and O–H groups in total. The SMILES string of the molecule is CC(=O)OC[C@H]1O[C@@H](n2cc(Cc3ccccc3)c(N)nc2=O)[C@H](OC(C)=O)[C@H]1OS(=O)(=O)Cc1ccccc1. The number of anilines is 1. The summed E-state index contributed by atoms with van der Waals surface area (Å²) in [6.07, 6.45) is -3.71. The minimum Gasteiger partial charge on any atom is -0.463 e. The Kier molecular flexibility index (Phi) is 8.97. The maximum absolute atomic E-state index is 13.1. The number of benzene rings is 2. The molecule has 2 aromatic carbocycles. The van der Waals surface area contributed by atoms with Gasteiger partial charge in [-0.25, -0.2) is 4.79 Å². The minimum atomic E-state index is -4.26. The van der Waals surface area contributed by atoms with Gasteiger partial charge in [-0.15, -0.1) is 0 Å². The summed E-state index contributed by atoms with van der Waals surface area (Å²) in [5.74, 6) is -1.91. The van der Waals surface area contributed by atoms with E-state index in [9.17, 15) is 22.8 Å². The fourth-order valence-electron chi connectivity index (χ4n) is 4.34. The zero-order valence-corrected chi connectivity index (χ0v) is 22.7. The second kappa shape index (κ2) is 12.4. The van der Waals surface area contributed by atoms with Crippen LogP contribution in [-0.2, 0) is 50.3 Å². The summed E-state index contributed by atoms with van der Waals surface area (Å²) in [6, 6.07) is 17.6. The number of carbonyl (C=O) groups excluding carboxylic acids is 2. The van der Waals surface area contributed by atoms with E-state index in [1.165, 1.54) is 13.1 Å². The molecule has 2 heterocycles. The molecule has 40 heavy (non-hydrogen) atoms. The third-order valence-corrected chi connectivity index (χ3v) is 7.26. The average molecular weight is 572 g/mol. The lowest BCUT2D eigenvalue weighted by Crippen LogP contribution is -2.42. The van der Waals surface area contributed by atoms with Gasteiger partial charge >= 0.3 is 17.6 Å². The second-order valence-electron chi connectivity index (χ2n) is 9.19. The van der Waals surface area contributed by atoms with Crippen LogP contribution in [-0.4, -0.2) is 54.8 Å². The number of nitrogens with two attached hydrogens (primary N) is 1. The Labute approximate surface area is 230 Å². The summed E-state index contributed by atoms with van der Waals surface area (Å²) in [4.78, 5) is 40.5. The van der Waals surface area contributed by atoms with Gasteiger partial charge in [-0.2, -0.15) is 13.4 Å². The topological polar surface area (TPSA) is 166 Å². The maximum Gasteiger partial charge on any atom is 0.351 e. The fraction of sp³-hybridized carbons (Fsp3) is 0.333. The number of nitrogen functional groups attached to an aromatic ring is 1. The van der Waals surface area contributed by atoms with Crippen molar-refractivity contribution >= 4 is 27.9 Å². The van der Waals surface area contributed by atoms with Crippen molar-refractivity contribution in [2.75, 3.05) is 12.3 Å². The number of rotatable bonds is 10. The smallest absolute Gasteiger partial charge is 0.351 e. The van der Waals surface area contributed by atoms with Gasteiger partial charge in [0.05, 0.1) is 0 Å². The number of ether oxygens (including phenoxy) is 3. The van der Waals surface area contributed by atoms with Gasteiger partial charge in [-0.1, -0.05) is 60.7 Å². The van der Waals surface area contributed by atoms with Crippen molar-refractivity contribution in [3.05, 3.63) is 94.0 Å². The van der Waals surface area contributed by atoms with Crippen LogP contribution < -0.4 is 11.4 Å². The van der Waals surface area contributed by atoms with Gasteiger partial charge < -0.3 is 19.9 Å². The molecule has 12 nitrogen and oxygen atoms in total. The lowest BCUT2D eigenvalue weighted by Gasteiger charge is -2.24. The van der Waals surface area contributed by atoms with Crippen LogP contribution in [0, 0.1) is 0 Å². The van der Waals surface area contributed by atoms with E-state index in [4.69, 9.17) is 24.1 Å². The first-order chi connectivity index (χ1) is 19.0. The van der Waals surface area contributed by atoms with Crippen molar-refractivity contribution in [2.24, 2.45) is 0 Å². The largest absolute Gasteiger partial charge is 0.463 e. The van der Waals surface area contributed by atoms with Crippen molar-refractivity contribution in [3.8, 4) is 0 Å². The van der Waals surface area contributed by atoms with E-state index < -0.39 is 64.6 Å². The van der Waals surface area contributed by atoms with Gasteiger partial charge in [0.25, 0.3) is 10.1 Å². The lowest BCUT2D eigenvalue weighted by molar-refractivity contribution is -0.155. The van der Waals surface area contributed by atoms with Crippen molar-refractivity contribution in [1.82, 2.24) is 9.55 Å². The molecule has 212 valence electrons. The van der Waals surface area contributed by atoms with Crippen LogP contribution in [0.5, 0.6) is 0 Å². The van der Waals surface area contributed by atoms with E-state index in [2.05, 4.69) is 4.98 Å². The lowest BCUT2D eigenvalue weighted by atomic mass is 10.1. The Morgan fingerprint density at radius 3 is 2.20 bits per heavy atom. The molecule has 1 aliphatic heterocycles. The monoisotopic (exact) mass is 571 g/mol. The first-order valence-corrected chi connectivity index (χ1v) is 13.9. The highest BCUT2D eigenvalue weighted by Crippen LogP contribution is 2.35. The van der Waals surface area contributed by atoms with Gasteiger partial charge in [-0.3, -0.25) is 18.3 Å². The average Bonchev–Trinajstić information content (AvgIpc) is 3.20. The number of carbonyl (C=O) groups is 2. The Hall–Kier alpha value is -4.07. The molecule has 4 rings (SSSR count). The molecule has 3 aromatic rings. The zero-order chi connectivity index (χ0) is 28.9. The van der Waals surface area contributed by atoms with Gasteiger partial charge in [-0.05, 0) is 11.1 Å². The molecule has 1 fully saturated rings. The molecular formula is C27H29N3O9S. The molecule has 0 amide bonds. The van der Waals surface area contributed by atoms with E-state index in [0.717, 1.165) is 17.1 Å². The van der Waals surface area contributed by atoms with Crippen LogP contribution in [0.2, 0.25) is 0 Å². The van der Waals surface area contributed by atoms with Crippen molar-refractivity contribution in [3.63, 3.8) is 0 Å². The third kappa shape index (κ3) is 7.31. The molecule has 4 atom stereocenters. The summed E-state index contributed by atoms with van der Waals surface area (Å²) in [6.45, 7) is 1.86. The van der Waals surface area contributed by atoms with E-state index >= 15 is 0 Å². The van der Waals surface area contributed by atoms with Gasteiger partial charge in [0.15, 0.2) is 12.3 Å². The van der Waals surface area contributed by atoms with E-state index in [-0.39, 0.29) is 5.82 Å². The Bertz CT molecular complexity index is 1510. The highest BCUT2D eigenvalue weighted by molar-refractivity contribution is 7.85. The van der Waals surface area contributed by atoms with Gasteiger partial charge in [0.2, 0.25) is 0 Å². The normalized spacial score (nSPS) is 20.6. The van der Waals surface area contributed by atoms with Gasteiger partial charge in [0, 0.05) is 32.0 Å². The number of aromatic nitrogens is 2. The number of esters is 2. The molecule has 0 saturated carbocycles.